The van der Waals surface area contributed by atoms with Crippen molar-refractivity contribution in [3.05, 3.63) is 30.1 Å². The molecule has 21 heavy (non-hydrogen) atoms. The van der Waals surface area contributed by atoms with Crippen LogP contribution in [0.25, 0.3) is 0 Å². The number of aromatic nitrogens is 1. The quantitative estimate of drug-likeness (QED) is 0.381. The molecule has 0 aliphatic heterocycles. The first-order valence-corrected chi connectivity index (χ1v) is 7.30. The van der Waals surface area contributed by atoms with Crippen LogP contribution in [0.4, 0.5) is 0 Å². The molecule has 1 heterocycles. The first-order chi connectivity index (χ1) is 10.3. The minimum atomic E-state index is -0.744. The summed E-state index contributed by atoms with van der Waals surface area (Å²) in [5.41, 5.74) is 2.83. The van der Waals surface area contributed by atoms with Crippen molar-refractivity contribution in [1.82, 2.24) is 15.7 Å². The minimum Gasteiger partial charge on any atom is -0.345 e. The highest BCUT2D eigenvalue weighted by Gasteiger charge is 2.19. The maximum Gasteiger partial charge on any atom is 0.329 e. The van der Waals surface area contributed by atoms with Gasteiger partial charge in [0.15, 0.2) is 0 Å². The lowest BCUT2D eigenvalue weighted by atomic mass is 10.1. The van der Waals surface area contributed by atoms with Gasteiger partial charge in [0.1, 0.15) is 0 Å². The van der Waals surface area contributed by atoms with Crippen LogP contribution in [-0.2, 0) is 9.59 Å². The molecular weight excluding hydrogens is 268 g/mol. The highest BCUT2D eigenvalue weighted by molar-refractivity contribution is 6.35. The molecule has 1 fully saturated rings. The molecule has 0 saturated heterocycles. The fourth-order valence-corrected chi connectivity index (χ4v) is 2.33. The lowest BCUT2D eigenvalue weighted by Crippen LogP contribution is -2.43. The zero-order valence-electron chi connectivity index (χ0n) is 11.9. The summed E-state index contributed by atoms with van der Waals surface area (Å²) in [6.45, 7) is 0. The van der Waals surface area contributed by atoms with Crippen LogP contribution in [0.3, 0.4) is 0 Å². The first-order valence-electron chi connectivity index (χ1n) is 7.30. The maximum atomic E-state index is 11.8. The fraction of sp³-hybridized carbons (Fsp3) is 0.467. The Labute approximate surface area is 124 Å². The van der Waals surface area contributed by atoms with Crippen LogP contribution in [0.15, 0.2) is 29.5 Å². The molecule has 1 saturated carbocycles. The smallest absolute Gasteiger partial charge is 0.329 e. The number of nitrogens with zero attached hydrogens (tertiary/aromatic N) is 2. The second-order valence-corrected chi connectivity index (χ2v) is 5.12. The number of carbonyl (C=O) groups excluding carboxylic acids is 2. The van der Waals surface area contributed by atoms with E-state index in [4.69, 9.17) is 0 Å². The number of amides is 2. The number of nitrogens with one attached hydrogen (secondary N) is 2. The van der Waals surface area contributed by atoms with Crippen LogP contribution in [-0.4, -0.2) is 29.1 Å². The lowest BCUT2D eigenvalue weighted by Gasteiger charge is -2.14. The summed E-state index contributed by atoms with van der Waals surface area (Å²) in [5, 5.41) is 6.49. The van der Waals surface area contributed by atoms with Crippen molar-refractivity contribution in [2.75, 3.05) is 0 Å². The molecule has 2 N–H and O–H groups in total. The molecule has 0 spiro atoms. The third-order valence-electron chi connectivity index (χ3n) is 3.45. The van der Waals surface area contributed by atoms with E-state index in [-0.39, 0.29) is 6.04 Å². The highest BCUT2D eigenvalue weighted by atomic mass is 16.2. The molecule has 0 atom stereocenters. The molecule has 1 aliphatic carbocycles. The number of hydrogen-bond donors (Lipinski definition) is 2. The zero-order chi connectivity index (χ0) is 14.9. The Balaban J connectivity index is 1.77. The van der Waals surface area contributed by atoms with Gasteiger partial charge in [0.05, 0.1) is 11.9 Å². The standard InChI is InChI=1S/C15H20N4O2/c20-14(18-12-7-3-1-2-4-8-12)15(21)19-17-11-13-9-5-6-10-16-13/h5-6,9-12H,1-4,7-8H2,(H,18,20)(H,19,21)/b17-11+. The molecule has 2 amide bonds. The Kier molecular flexibility index (Phi) is 5.87. The maximum absolute atomic E-state index is 11.8. The Hall–Kier alpha value is -2.24. The van der Waals surface area contributed by atoms with E-state index in [0.717, 1.165) is 25.7 Å². The molecule has 6 heteroatoms. The van der Waals surface area contributed by atoms with E-state index in [9.17, 15) is 9.59 Å². The number of hydrogen-bond acceptors (Lipinski definition) is 4. The summed E-state index contributed by atoms with van der Waals surface area (Å²) < 4.78 is 0. The van der Waals surface area contributed by atoms with Crippen molar-refractivity contribution in [2.24, 2.45) is 5.10 Å². The third-order valence-corrected chi connectivity index (χ3v) is 3.45. The normalized spacial score (nSPS) is 16.4. The van der Waals surface area contributed by atoms with Crippen molar-refractivity contribution in [1.29, 1.82) is 0 Å². The van der Waals surface area contributed by atoms with Gasteiger partial charge in [-0.15, -0.1) is 0 Å². The van der Waals surface area contributed by atoms with Gasteiger partial charge < -0.3 is 5.32 Å². The van der Waals surface area contributed by atoms with E-state index in [0.29, 0.717) is 5.69 Å². The van der Waals surface area contributed by atoms with E-state index in [2.05, 4.69) is 20.8 Å². The average molecular weight is 288 g/mol. The summed E-state index contributed by atoms with van der Waals surface area (Å²) >= 11 is 0. The molecule has 0 aromatic carbocycles. The van der Waals surface area contributed by atoms with Gasteiger partial charge in [0, 0.05) is 12.2 Å². The predicted molar refractivity (Wildman–Crippen MR) is 79.6 cm³/mol. The second kappa shape index (κ2) is 8.14. The van der Waals surface area contributed by atoms with E-state index in [1.807, 2.05) is 6.07 Å². The highest BCUT2D eigenvalue weighted by Crippen LogP contribution is 2.16. The molecule has 1 aliphatic rings. The monoisotopic (exact) mass is 288 g/mol. The van der Waals surface area contributed by atoms with E-state index in [1.54, 1.807) is 18.3 Å². The SMILES string of the molecule is O=C(N/N=C/c1ccccn1)C(=O)NC1CCCCCC1. The summed E-state index contributed by atoms with van der Waals surface area (Å²) in [6.07, 6.45) is 9.51. The molecule has 1 aromatic rings. The Bertz CT molecular complexity index is 494. The number of rotatable bonds is 3. The molecule has 2 rings (SSSR count). The summed E-state index contributed by atoms with van der Waals surface area (Å²) in [5.74, 6) is -1.37. The average Bonchev–Trinajstić information content (AvgIpc) is 2.77. The zero-order valence-corrected chi connectivity index (χ0v) is 11.9. The van der Waals surface area contributed by atoms with Gasteiger partial charge in [-0.3, -0.25) is 14.6 Å². The molecule has 1 aromatic heterocycles. The topological polar surface area (TPSA) is 83.5 Å². The molecular formula is C15H20N4O2. The van der Waals surface area contributed by atoms with Gasteiger partial charge in [-0.25, -0.2) is 5.43 Å². The van der Waals surface area contributed by atoms with Crippen LogP contribution in [0.5, 0.6) is 0 Å². The molecule has 0 unspecified atom stereocenters. The predicted octanol–water partition coefficient (Wildman–Crippen LogP) is 1.37. The van der Waals surface area contributed by atoms with E-state index < -0.39 is 11.8 Å². The molecule has 6 nitrogen and oxygen atoms in total. The van der Waals surface area contributed by atoms with Gasteiger partial charge in [-0.2, -0.15) is 5.10 Å². The third kappa shape index (κ3) is 5.33. The molecule has 0 bridgehead atoms. The van der Waals surface area contributed by atoms with Crippen molar-refractivity contribution in [3.8, 4) is 0 Å². The first kappa shape index (κ1) is 15.2. The number of hydrazone groups is 1. The van der Waals surface area contributed by atoms with Crippen LogP contribution in [0, 0.1) is 0 Å². The molecule has 0 radical (unpaired) electrons. The number of carbonyl (C=O) groups is 2. The van der Waals surface area contributed by atoms with Crippen LogP contribution in [0.2, 0.25) is 0 Å². The minimum absolute atomic E-state index is 0.102. The van der Waals surface area contributed by atoms with Crippen LogP contribution in [0.1, 0.15) is 44.2 Å². The van der Waals surface area contributed by atoms with Crippen molar-refractivity contribution in [3.63, 3.8) is 0 Å². The molecule has 112 valence electrons. The summed E-state index contributed by atoms with van der Waals surface area (Å²) in [7, 11) is 0. The van der Waals surface area contributed by atoms with Gasteiger partial charge in [-0.05, 0) is 25.0 Å². The Morgan fingerprint density at radius 3 is 2.57 bits per heavy atom. The summed E-state index contributed by atoms with van der Waals surface area (Å²) in [6, 6.07) is 5.46. The number of pyridine rings is 1. The van der Waals surface area contributed by atoms with Crippen LogP contribution >= 0.6 is 0 Å². The van der Waals surface area contributed by atoms with E-state index >= 15 is 0 Å². The van der Waals surface area contributed by atoms with Gasteiger partial charge in [-0.1, -0.05) is 31.7 Å². The van der Waals surface area contributed by atoms with Crippen molar-refractivity contribution in [2.45, 2.75) is 44.6 Å². The Morgan fingerprint density at radius 1 is 1.14 bits per heavy atom. The van der Waals surface area contributed by atoms with Crippen molar-refractivity contribution >= 4 is 18.0 Å². The second-order valence-electron chi connectivity index (χ2n) is 5.12. The summed E-state index contributed by atoms with van der Waals surface area (Å²) in [4.78, 5) is 27.4. The van der Waals surface area contributed by atoms with E-state index in [1.165, 1.54) is 19.1 Å². The Morgan fingerprint density at radius 2 is 1.90 bits per heavy atom. The van der Waals surface area contributed by atoms with Gasteiger partial charge in [0.25, 0.3) is 0 Å². The van der Waals surface area contributed by atoms with Crippen molar-refractivity contribution < 1.29 is 9.59 Å². The lowest BCUT2D eigenvalue weighted by molar-refractivity contribution is -0.139. The largest absolute Gasteiger partial charge is 0.345 e. The van der Waals surface area contributed by atoms with Gasteiger partial charge in [0.2, 0.25) is 0 Å². The fourth-order valence-electron chi connectivity index (χ4n) is 2.33. The van der Waals surface area contributed by atoms with Gasteiger partial charge >= 0.3 is 11.8 Å². The van der Waals surface area contributed by atoms with Crippen LogP contribution < -0.4 is 10.7 Å².